The second-order valence-electron chi connectivity index (χ2n) is 7.74. The van der Waals surface area contributed by atoms with E-state index in [2.05, 4.69) is 15.3 Å². The first-order chi connectivity index (χ1) is 12.3. The van der Waals surface area contributed by atoms with E-state index in [9.17, 15) is 18.0 Å². The van der Waals surface area contributed by atoms with Crippen LogP contribution < -0.4 is 10.9 Å². The third-order valence-electron chi connectivity index (χ3n) is 5.58. The number of aromatic nitrogens is 2. The molecular weight excluding hydrogens is 356 g/mol. The molecule has 3 fully saturated rings. The average molecular weight is 380 g/mol. The minimum atomic E-state index is -3.36. The highest BCUT2D eigenvalue weighted by molar-refractivity contribution is 7.88. The SMILES string of the molecule is CS(=O)(=O)N1CCC[C@H]1C(=O)NC1CC(c2cc(=O)[nH]c(C3CC3)n2)C1. The molecule has 1 aliphatic heterocycles. The second-order valence-corrected chi connectivity index (χ2v) is 9.67. The Balaban J connectivity index is 1.35. The van der Waals surface area contributed by atoms with Crippen LogP contribution in [0.15, 0.2) is 10.9 Å². The van der Waals surface area contributed by atoms with E-state index >= 15 is 0 Å². The fourth-order valence-electron chi connectivity index (χ4n) is 3.93. The van der Waals surface area contributed by atoms with Crippen LogP contribution in [-0.4, -0.2) is 53.5 Å². The number of H-pyrrole nitrogens is 1. The van der Waals surface area contributed by atoms with Crippen molar-refractivity contribution in [2.24, 2.45) is 0 Å². The molecule has 26 heavy (non-hydrogen) atoms. The largest absolute Gasteiger partial charge is 0.352 e. The number of nitrogens with one attached hydrogen (secondary N) is 2. The van der Waals surface area contributed by atoms with Gasteiger partial charge in [-0.25, -0.2) is 13.4 Å². The molecule has 2 heterocycles. The fraction of sp³-hybridized carbons (Fsp3) is 0.706. The molecule has 2 saturated carbocycles. The summed E-state index contributed by atoms with van der Waals surface area (Å²) in [6.07, 6.45) is 6.04. The maximum atomic E-state index is 12.5. The number of hydrogen-bond donors (Lipinski definition) is 2. The Bertz CT molecular complexity index is 871. The molecule has 2 N–H and O–H groups in total. The molecule has 1 aromatic rings. The fourth-order valence-corrected chi connectivity index (χ4v) is 5.05. The van der Waals surface area contributed by atoms with E-state index in [1.165, 1.54) is 4.31 Å². The van der Waals surface area contributed by atoms with Crippen LogP contribution >= 0.6 is 0 Å². The van der Waals surface area contributed by atoms with Gasteiger partial charge in [0.2, 0.25) is 15.9 Å². The summed E-state index contributed by atoms with van der Waals surface area (Å²) in [5.41, 5.74) is 0.693. The first-order valence-electron chi connectivity index (χ1n) is 9.19. The van der Waals surface area contributed by atoms with Crippen molar-refractivity contribution in [3.05, 3.63) is 27.9 Å². The molecule has 142 valence electrons. The van der Waals surface area contributed by atoms with Crippen LogP contribution in [0.1, 0.15) is 61.9 Å². The number of rotatable bonds is 5. The van der Waals surface area contributed by atoms with Gasteiger partial charge in [0.1, 0.15) is 11.9 Å². The summed E-state index contributed by atoms with van der Waals surface area (Å²) in [6.45, 7) is 0.408. The molecule has 9 heteroatoms. The highest BCUT2D eigenvalue weighted by Gasteiger charge is 2.40. The zero-order valence-electron chi connectivity index (χ0n) is 14.8. The maximum absolute atomic E-state index is 12.5. The summed E-state index contributed by atoms with van der Waals surface area (Å²) in [5, 5.41) is 2.97. The Labute approximate surface area is 152 Å². The lowest BCUT2D eigenvalue weighted by Gasteiger charge is -2.36. The van der Waals surface area contributed by atoms with Crippen molar-refractivity contribution in [1.82, 2.24) is 19.6 Å². The number of carbonyl (C=O) groups excluding carboxylic acids is 1. The molecule has 0 bridgehead atoms. The Morgan fingerprint density at radius 3 is 2.65 bits per heavy atom. The second kappa shape index (κ2) is 6.45. The van der Waals surface area contributed by atoms with E-state index in [4.69, 9.17) is 0 Å². The lowest BCUT2D eigenvalue weighted by atomic mass is 9.78. The molecule has 2 aliphatic carbocycles. The summed E-state index contributed by atoms with van der Waals surface area (Å²) >= 11 is 0. The van der Waals surface area contributed by atoms with Gasteiger partial charge in [-0.1, -0.05) is 0 Å². The maximum Gasteiger partial charge on any atom is 0.251 e. The number of carbonyl (C=O) groups is 1. The van der Waals surface area contributed by atoms with E-state index in [1.807, 2.05) is 0 Å². The number of aromatic amines is 1. The van der Waals surface area contributed by atoms with Crippen molar-refractivity contribution in [2.45, 2.75) is 62.4 Å². The van der Waals surface area contributed by atoms with Crippen molar-refractivity contribution < 1.29 is 13.2 Å². The van der Waals surface area contributed by atoms with Gasteiger partial charge >= 0.3 is 0 Å². The van der Waals surface area contributed by atoms with Crippen LogP contribution in [0.2, 0.25) is 0 Å². The Morgan fingerprint density at radius 2 is 2.00 bits per heavy atom. The van der Waals surface area contributed by atoms with E-state index < -0.39 is 16.1 Å². The lowest BCUT2D eigenvalue weighted by Crippen LogP contribution is -2.51. The van der Waals surface area contributed by atoms with Gasteiger partial charge in [0.25, 0.3) is 5.56 Å². The predicted molar refractivity (Wildman–Crippen MR) is 95.3 cm³/mol. The third-order valence-corrected chi connectivity index (χ3v) is 6.87. The summed E-state index contributed by atoms with van der Waals surface area (Å²) in [7, 11) is -3.36. The number of hydrogen-bond acceptors (Lipinski definition) is 5. The molecule has 3 aliphatic rings. The smallest absolute Gasteiger partial charge is 0.251 e. The van der Waals surface area contributed by atoms with Gasteiger partial charge in [-0.2, -0.15) is 4.31 Å². The summed E-state index contributed by atoms with van der Waals surface area (Å²) < 4.78 is 24.9. The van der Waals surface area contributed by atoms with Gasteiger partial charge in [0, 0.05) is 30.5 Å². The van der Waals surface area contributed by atoms with Crippen molar-refractivity contribution >= 4 is 15.9 Å². The van der Waals surface area contributed by atoms with E-state index in [1.54, 1.807) is 6.07 Å². The first kappa shape index (κ1) is 17.7. The normalized spacial score (nSPS) is 29.3. The highest BCUT2D eigenvalue weighted by atomic mass is 32.2. The van der Waals surface area contributed by atoms with Crippen molar-refractivity contribution in [3.8, 4) is 0 Å². The van der Waals surface area contributed by atoms with Crippen molar-refractivity contribution in [2.75, 3.05) is 12.8 Å². The average Bonchev–Trinajstić information content (AvgIpc) is 3.24. The molecule has 8 nitrogen and oxygen atoms in total. The molecule has 1 aromatic heterocycles. The van der Waals surface area contributed by atoms with Crippen LogP contribution in [0.25, 0.3) is 0 Å². The van der Waals surface area contributed by atoms with Crippen LogP contribution in [-0.2, 0) is 14.8 Å². The molecule has 0 radical (unpaired) electrons. The van der Waals surface area contributed by atoms with Gasteiger partial charge in [-0.3, -0.25) is 9.59 Å². The van der Waals surface area contributed by atoms with Crippen LogP contribution in [0, 0.1) is 0 Å². The Kier molecular flexibility index (Phi) is 4.38. The molecular formula is C17H24N4O4S. The monoisotopic (exact) mass is 380 g/mol. The molecule has 0 spiro atoms. The lowest BCUT2D eigenvalue weighted by molar-refractivity contribution is -0.125. The topological polar surface area (TPSA) is 112 Å². The summed E-state index contributed by atoms with van der Waals surface area (Å²) in [4.78, 5) is 31.7. The van der Waals surface area contributed by atoms with E-state index in [0.29, 0.717) is 25.3 Å². The zero-order valence-corrected chi connectivity index (χ0v) is 15.6. The summed E-state index contributed by atoms with van der Waals surface area (Å²) in [6, 6.07) is 0.972. The van der Waals surface area contributed by atoms with Crippen LogP contribution in [0.3, 0.4) is 0 Å². The molecule has 1 saturated heterocycles. The summed E-state index contributed by atoms with van der Waals surface area (Å²) in [5.74, 6) is 1.14. The van der Waals surface area contributed by atoms with Gasteiger partial charge in [-0.05, 0) is 38.5 Å². The third kappa shape index (κ3) is 3.55. The highest BCUT2D eigenvalue weighted by Crippen LogP contribution is 2.40. The Morgan fingerprint density at radius 1 is 1.27 bits per heavy atom. The quantitative estimate of drug-likeness (QED) is 0.769. The van der Waals surface area contributed by atoms with Gasteiger partial charge in [-0.15, -0.1) is 0 Å². The van der Waals surface area contributed by atoms with E-state index in [0.717, 1.165) is 43.5 Å². The molecule has 1 amide bonds. The predicted octanol–water partition coefficient (Wildman–Crippen LogP) is 0.434. The van der Waals surface area contributed by atoms with E-state index in [-0.39, 0.29) is 23.4 Å². The Hall–Kier alpha value is -1.74. The standard InChI is InChI=1S/C17H24N4O4S/c1-26(24,25)21-6-2-3-14(21)17(23)18-12-7-11(8-12)13-9-15(22)20-16(19-13)10-4-5-10/h9-12,14H,2-8H2,1H3,(H,18,23)(H,19,20,22)/t11?,12?,14-/m0/s1. The first-order valence-corrected chi connectivity index (χ1v) is 11.0. The zero-order chi connectivity index (χ0) is 18.5. The number of sulfonamides is 1. The minimum Gasteiger partial charge on any atom is -0.352 e. The minimum absolute atomic E-state index is 0.0139. The van der Waals surface area contributed by atoms with Crippen LogP contribution in [0.4, 0.5) is 0 Å². The van der Waals surface area contributed by atoms with Gasteiger partial charge in [0.15, 0.2) is 0 Å². The van der Waals surface area contributed by atoms with Crippen LogP contribution in [0.5, 0.6) is 0 Å². The van der Waals surface area contributed by atoms with Gasteiger partial charge in [0.05, 0.1) is 11.9 Å². The molecule has 1 atom stereocenters. The number of nitrogens with zero attached hydrogens (tertiary/aromatic N) is 2. The van der Waals surface area contributed by atoms with Crippen molar-refractivity contribution in [3.63, 3.8) is 0 Å². The molecule has 0 unspecified atom stereocenters. The number of amides is 1. The van der Waals surface area contributed by atoms with Gasteiger partial charge < -0.3 is 10.3 Å². The van der Waals surface area contributed by atoms with Crippen molar-refractivity contribution in [1.29, 1.82) is 0 Å². The molecule has 0 aromatic carbocycles. The molecule has 4 rings (SSSR count).